The van der Waals surface area contributed by atoms with E-state index >= 15 is 0 Å². The van der Waals surface area contributed by atoms with Gasteiger partial charge in [-0.2, -0.15) is 9.97 Å². The molecular weight excluding hydrogens is 330 g/mol. The smallest absolute Gasteiger partial charge is 0.223 e. The van der Waals surface area contributed by atoms with E-state index in [1.165, 1.54) is 0 Å². The number of H-pyrrole nitrogens is 1. The molecule has 3 aromatic rings. The third kappa shape index (κ3) is 3.23. The second kappa shape index (κ2) is 6.93. The lowest BCUT2D eigenvalue weighted by Crippen LogP contribution is -2.28. The highest BCUT2D eigenvalue weighted by Crippen LogP contribution is 2.34. The van der Waals surface area contributed by atoms with Crippen LogP contribution in [-0.4, -0.2) is 39.3 Å². The van der Waals surface area contributed by atoms with Crippen LogP contribution in [0.1, 0.15) is 31.4 Å². The molecule has 4 rings (SSSR count). The lowest BCUT2D eigenvalue weighted by molar-refractivity contribution is 0.0904. The van der Waals surface area contributed by atoms with Crippen molar-refractivity contribution in [2.24, 2.45) is 0 Å². The molecule has 1 aliphatic heterocycles. The summed E-state index contributed by atoms with van der Waals surface area (Å²) >= 11 is 0. The van der Waals surface area contributed by atoms with Crippen LogP contribution in [0, 0.1) is 0 Å². The van der Waals surface area contributed by atoms with E-state index in [4.69, 9.17) is 10.5 Å². The summed E-state index contributed by atoms with van der Waals surface area (Å²) in [5.74, 6) is 0.969. The highest BCUT2D eigenvalue weighted by Gasteiger charge is 2.19. The van der Waals surface area contributed by atoms with Crippen molar-refractivity contribution < 1.29 is 9.84 Å². The largest absolute Gasteiger partial charge is 0.389 e. The van der Waals surface area contributed by atoms with Crippen molar-refractivity contribution in [2.45, 2.75) is 31.9 Å². The van der Waals surface area contributed by atoms with Crippen molar-refractivity contribution >= 4 is 22.8 Å². The maximum Gasteiger partial charge on any atom is 0.223 e. The number of rotatable bonds is 4. The summed E-state index contributed by atoms with van der Waals surface area (Å²) in [6.07, 6.45) is 3.26. The van der Waals surface area contributed by atoms with Gasteiger partial charge in [-0.3, -0.25) is 0 Å². The highest BCUT2D eigenvalue weighted by molar-refractivity contribution is 6.01. The summed E-state index contributed by atoms with van der Waals surface area (Å²) in [7, 11) is 0. The molecule has 136 valence electrons. The van der Waals surface area contributed by atoms with Crippen LogP contribution in [0.25, 0.3) is 22.2 Å². The van der Waals surface area contributed by atoms with Crippen molar-refractivity contribution in [3.63, 3.8) is 0 Å². The first-order valence-corrected chi connectivity index (χ1v) is 8.89. The predicted molar refractivity (Wildman–Crippen MR) is 102 cm³/mol. The topological polar surface area (TPSA) is 109 Å². The summed E-state index contributed by atoms with van der Waals surface area (Å²) in [5.41, 5.74) is 9.45. The van der Waals surface area contributed by atoms with E-state index < -0.39 is 6.10 Å². The van der Waals surface area contributed by atoms with E-state index in [1.54, 1.807) is 6.92 Å². The van der Waals surface area contributed by atoms with Crippen LogP contribution in [0.15, 0.2) is 30.5 Å². The van der Waals surface area contributed by atoms with Gasteiger partial charge in [0.25, 0.3) is 0 Å². The van der Waals surface area contributed by atoms with Crippen molar-refractivity contribution in [3.05, 3.63) is 36.0 Å². The van der Waals surface area contributed by atoms with Gasteiger partial charge in [-0.05, 0) is 37.0 Å². The molecule has 1 aromatic carbocycles. The Balaban J connectivity index is 1.79. The van der Waals surface area contributed by atoms with Gasteiger partial charge in [-0.15, -0.1) is 0 Å². The van der Waals surface area contributed by atoms with E-state index in [-0.39, 0.29) is 5.95 Å². The summed E-state index contributed by atoms with van der Waals surface area (Å²) in [6.45, 7) is 3.26. The second-order valence-corrected chi connectivity index (χ2v) is 6.69. The van der Waals surface area contributed by atoms with Crippen LogP contribution in [0.4, 0.5) is 11.8 Å². The normalized spacial score (nSPS) is 16.7. The number of hydrogen-bond donors (Lipinski definition) is 4. The lowest BCUT2D eigenvalue weighted by atomic mass is 10.0. The number of nitrogens with one attached hydrogen (secondary N) is 2. The molecule has 0 unspecified atom stereocenters. The van der Waals surface area contributed by atoms with Crippen LogP contribution in [0.5, 0.6) is 0 Å². The molecule has 1 atom stereocenters. The van der Waals surface area contributed by atoms with Gasteiger partial charge in [0.15, 0.2) is 0 Å². The highest BCUT2D eigenvalue weighted by atomic mass is 16.5. The van der Waals surface area contributed by atoms with E-state index in [1.807, 2.05) is 30.5 Å². The second-order valence-electron chi connectivity index (χ2n) is 6.69. The van der Waals surface area contributed by atoms with Crippen molar-refractivity contribution in [1.82, 2.24) is 15.0 Å². The number of aromatic amines is 1. The third-order valence-electron chi connectivity index (χ3n) is 4.79. The van der Waals surface area contributed by atoms with Crippen molar-refractivity contribution in [3.8, 4) is 11.1 Å². The number of aromatic nitrogens is 3. The zero-order valence-electron chi connectivity index (χ0n) is 14.7. The number of hydrogen-bond acceptors (Lipinski definition) is 6. The Labute approximate surface area is 151 Å². The van der Waals surface area contributed by atoms with Crippen molar-refractivity contribution in [2.75, 3.05) is 24.3 Å². The lowest BCUT2D eigenvalue weighted by Gasteiger charge is -2.24. The fourth-order valence-electron chi connectivity index (χ4n) is 3.38. The van der Waals surface area contributed by atoms with E-state index in [0.717, 1.165) is 53.9 Å². The summed E-state index contributed by atoms with van der Waals surface area (Å²) < 4.78 is 5.43. The van der Waals surface area contributed by atoms with Gasteiger partial charge in [0.05, 0.1) is 11.5 Å². The summed E-state index contributed by atoms with van der Waals surface area (Å²) in [6, 6.07) is 8.16. The molecule has 1 saturated heterocycles. The molecule has 7 heteroatoms. The molecule has 0 radical (unpaired) electrons. The van der Waals surface area contributed by atoms with Crippen LogP contribution in [0.2, 0.25) is 0 Å². The summed E-state index contributed by atoms with van der Waals surface area (Å²) in [5, 5.41) is 14.3. The van der Waals surface area contributed by atoms with Crippen molar-refractivity contribution in [1.29, 1.82) is 0 Å². The van der Waals surface area contributed by atoms with Gasteiger partial charge in [0.2, 0.25) is 5.95 Å². The van der Waals surface area contributed by atoms with Gasteiger partial charge >= 0.3 is 0 Å². The summed E-state index contributed by atoms with van der Waals surface area (Å²) in [4.78, 5) is 12.0. The minimum atomic E-state index is -0.521. The molecule has 2 aromatic heterocycles. The molecule has 0 spiro atoms. The Bertz CT molecular complexity index is 915. The van der Waals surface area contributed by atoms with Crippen LogP contribution < -0.4 is 11.1 Å². The number of anilines is 2. The molecule has 3 heterocycles. The predicted octanol–water partition coefficient (Wildman–Crippen LogP) is 2.85. The number of nitrogens with two attached hydrogens (primary N) is 1. The molecule has 0 amide bonds. The minimum absolute atomic E-state index is 0.234. The zero-order valence-corrected chi connectivity index (χ0v) is 14.7. The first-order valence-electron chi connectivity index (χ1n) is 8.89. The van der Waals surface area contributed by atoms with Gasteiger partial charge in [0, 0.05) is 31.0 Å². The molecule has 26 heavy (non-hydrogen) atoms. The van der Waals surface area contributed by atoms with Gasteiger partial charge in [-0.25, -0.2) is 0 Å². The number of nitrogen functional groups attached to an aromatic ring is 1. The maximum atomic E-state index is 9.89. The van der Waals surface area contributed by atoms with Gasteiger partial charge < -0.3 is 25.9 Å². The Morgan fingerprint density at radius 3 is 2.88 bits per heavy atom. The molecule has 0 bridgehead atoms. The molecular formula is C19H23N5O2. The molecule has 5 N–H and O–H groups in total. The first kappa shape index (κ1) is 16.8. The van der Waals surface area contributed by atoms with Gasteiger partial charge in [-0.1, -0.05) is 18.2 Å². The van der Waals surface area contributed by atoms with Gasteiger partial charge in [0.1, 0.15) is 11.5 Å². The molecule has 1 aliphatic rings. The number of nitrogens with zero attached hydrogens (tertiary/aromatic N) is 2. The maximum absolute atomic E-state index is 9.89. The molecule has 1 fully saturated rings. The zero-order chi connectivity index (χ0) is 18.1. The standard InChI is InChI=1S/C19H23N5O2/c1-11(25)12-3-2-4-13(9-12)15-10-21-17-16(15)18(24-19(20)23-17)22-14-5-7-26-8-6-14/h2-4,9-11,14,25H,5-8H2,1H3,(H4,20,21,22,23,24)/t11-/m0/s1. The number of benzene rings is 1. The number of aliphatic hydroxyl groups excluding tert-OH is 1. The monoisotopic (exact) mass is 353 g/mol. The first-order chi connectivity index (χ1) is 12.6. The number of ether oxygens (including phenoxy) is 1. The SMILES string of the molecule is C[C@H](O)c1cccc(-c2c[nH]c3nc(N)nc(NC4CCOCC4)c23)c1. The van der Waals surface area contributed by atoms with E-state index in [0.29, 0.717) is 11.7 Å². The van der Waals surface area contributed by atoms with E-state index in [9.17, 15) is 5.11 Å². The number of fused-ring (bicyclic) bond motifs is 1. The molecule has 0 aliphatic carbocycles. The average Bonchev–Trinajstić information content (AvgIpc) is 3.06. The molecule has 0 saturated carbocycles. The fraction of sp³-hybridized carbons (Fsp3) is 0.368. The minimum Gasteiger partial charge on any atom is -0.389 e. The van der Waals surface area contributed by atoms with Crippen LogP contribution in [-0.2, 0) is 4.74 Å². The Morgan fingerprint density at radius 2 is 2.12 bits per heavy atom. The van der Waals surface area contributed by atoms with Crippen LogP contribution in [0.3, 0.4) is 0 Å². The quantitative estimate of drug-likeness (QED) is 0.574. The third-order valence-corrected chi connectivity index (χ3v) is 4.79. The fourth-order valence-corrected chi connectivity index (χ4v) is 3.38. The Morgan fingerprint density at radius 1 is 1.31 bits per heavy atom. The van der Waals surface area contributed by atoms with E-state index in [2.05, 4.69) is 20.3 Å². The average molecular weight is 353 g/mol. The van der Waals surface area contributed by atoms with Crippen LogP contribution >= 0.6 is 0 Å². The Kier molecular flexibility index (Phi) is 4.48. The Hall–Kier alpha value is -2.64. The molecule has 7 nitrogen and oxygen atoms in total. The number of aliphatic hydroxyl groups is 1.